The summed E-state index contributed by atoms with van der Waals surface area (Å²) in [7, 11) is 0. The third-order valence-corrected chi connectivity index (χ3v) is 2.86. The van der Waals surface area contributed by atoms with E-state index in [2.05, 4.69) is 4.98 Å². The van der Waals surface area contributed by atoms with E-state index < -0.39 is 0 Å². The molecule has 1 atom stereocenters. The number of carbonyl (C=O) groups excluding carboxylic acids is 1. The van der Waals surface area contributed by atoms with Crippen molar-refractivity contribution in [3.63, 3.8) is 0 Å². The van der Waals surface area contributed by atoms with Crippen LogP contribution in [0.1, 0.15) is 35.3 Å². The molecule has 14 heavy (non-hydrogen) atoms. The Morgan fingerprint density at radius 2 is 2.50 bits per heavy atom. The monoisotopic (exact) mass is 214 g/mol. The molecule has 0 bridgehead atoms. The molecular formula is C9H14N2O2S. The molecular weight excluding hydrogens is 200 g/mol. The third kappa shape index (κ3) is 2.52. The minimum atomic E-state index is -0.362. The van der Waals surface area contributed by atoms with Gasteiger partial charge in [-0.05, 0) is 6.92 Å². The van der Waals surface area contributed by atoms with Crippen molar-refractivity contribution in [2.45, 2.75) is 19.8 Å². The molecule has 0 amide bonds. The van der Waals surface area contributed by atoms with Gasteiger partial charge in [-0.25, -0.2) is 9.78 Å². The first-order valence-corrected chi connectivity index (χ1v) is 5.39. The van der Waals surface area contributed by atoms with Gasteiger partial charge in [0.1, 0.15) is 0 Å². The van der Waals surface area contributed by atoms with E-state index in [0.29, 0.717) is 18.8 Å². The molecule has 0 saturated carbocycles. The fourth-order valence-corrected chi connectivity index (χ4v) is 1.77. The average molecular weight is 214 g/mol. The van der Waals surface area contributed by atoms with Gasteiger partial charge >= 0.3 is 5.97 Å². The molecule has 1 aromatic rings. The number of rotatable bonds is 4. The van der Waals surface area contributed by atoms with Crippen LogP contribution in [0.4, 0.5) is 0 Å². The van der Waals surface area contributed by atoms with Crippen molar-refractivity contribution < 1.29 is 9.53 Å². The van der Waals surface area contributed by atoms with Crippen LogP contribution < -0.4 is 5.73 Å². The topological polar surface area (TPSA) is 65.2 Å². The highest BCUT2D eigenvalue weighted by molar-refractivity contribution is 7.09. The van der Waals surface area contributed by atoms with Crippen LogP contribution in [0, 0.1) is 0 Å². The number of hydrogen-bond acceptors (Lipinski definition) is 5. The lowest BCUT2D eigenvalue weighted by molar-refractivity contribution is 0.0520. The summed E-state index contributed by atoms with van der Waals surface area (Å²) in [6.07, 6.45) is 0. The van der Waals surface area contributed by atoms with Gasteiger partial charge in [0.2, 0.25) is 0 Å². The van der Waals surface area contributed by atoms with Gasteiger partial charge in [-0.2, -0.15) is 0 Å². The number of aromatic nitrogens is 1. The third-order valence-electron chi connectivity index (χ3n) is 1.78. The number of hydrogen-bond donors (Lipinski definition) is 1. The Hall–Kier alpha value is -0.940. The van der Waals surface area contributed by atoms with Crippen molar-refractivity contribution in [2.75, 3.05) is 13.2 Å². The average Bonchev–Trinajstić information content (AvgIpc) is 2.66. The first-order valence-electron chi connectivity index (χ1n) is 4.51. The van der Waals surface area contributed by atoms with Gasteiger partial charge < -0.3 is 10.5 Å². The highest BCUT2D eigenvalue weighted by atomic mass is 32.1. The smallest absolute Gasteiger partial charge is 0.357 e. The van der Waals surface area contributed by atoms with E-state index in [1.807, 2.05) is 6.92 Å². The predicted octanol–water partition coefficient (Wildman–Crippen LogP) is 1.38. The molecule has 1 rings (SSSR count). The van der Waals surface area contributed by atoms with Gasteiger partial charge in [0.15, 0.2) is 5.69 Å². The van der Waals surface area contributed by atoms with Gasteiger partial charge in [-0.15, -0.1) is 11.3 Å². The molecule has 2 N–H and O–H groups in total. The highest BCUT2D eigenvalue weighted by Gasteiger charge is 2.14. The molecule has 0 spiro atoms. The molecule has 0 saturated heterocycles. The van der Waals surface area contributed by atoms with E-state index in [9.17, 15) is 4.79 Å². The summed E-state index contributed by atoms with van der Waals surface area (Å²) in [4.78, 5) is 15.4. The Morgan fingerprint density at radius 1 is 1.79 bits per heavy atom. The summed E-state index contributed by atoms with van der Waals surface area (Å²) in [5.74, 6) is -0.164. The van der Waals surface area contributed by atoms with Crippen molar-refractivity contribution in [1.82, 2.24) is 4.98 Å². The molecule has 1 unspecified atom stereocenters. The van der Waals surface area contributed by atoms with Crippen LogP contribution in [0.3, 0.4) is 0 Å². The molecule has 0 aliphatic heterocycles. The molecule has 0 fully saturated rings. The molecule has 4 nitrogen and oxygen atoms in total. The predicted molar refractivity (Wildman–Crippen MR) is 55.5 cm³/mol. The van der Waals surface area contributed by atoms with Crippen LogP contribution in [0.2, 0.25) is 0 Å². The van der Waals surface area contributed by atoms with Crippen molar-refractivity contribution in [1.29, 1.82) is 0 Å². The largest absolute Gasteiger partial charge is 0.461 e. The van der Waals surface area contributed by atoms with Crippen LogP contribution in [0.5, 0.6) is 0 Å². The SMILES string of the molecule is CCOC(=O)c1csc(C(C)CN)n1. The Labute approximate surface area is 87.1 Å². The van der Waals surface area contributed by atoms with Gasteiger partial charge in [-0.3, -0.25) is 0 Å². The Kier molecular flexibility index (Phi) is 4.03. The Bertz CT molecular complexity index is 312. The fraction of sp³-hybridized carbons (Fsp3) is 0.556. The number of carbonyl (C=O) groups is 1. The van der Waals surface area contributed by atoms with Crippen molar-refractivity contribution in [3.05, 3.63) is 16.1 Å². The van der Waals surface area contributed by atoms with Gasteiger partial charge in [0.25, 0.3) is 0 Å². The van der Waals surface area contributed by atoms with Gasteiger partial charge in [0, 0.05) is 17.8 Å². The number of esters is 1. The lowest BCUT2D eigenvalue weighted by Crippen LogP contribution is -2.10. The summed E-state index contributed by atoms with van der Waals surface area (Å²) >= 11 is 1.44. The molecule has 0 aliphatic rings. The maximum atomic E-state index is 11.3. The molecule has 78 valence electrons. The van der Waals surface area contributed by atoms with Crippen molar-refractivity contribution in [2.24, 2.45) is 5.73 Å². The van der Waals surface area contributed by atoms with E-state index in [-0.39, 0.29) is 11.9 Å². The van der Waals surface area contributed by atoms with Crippen molar-refractivity contribution >= 4 is 17.3 Å². The van der Waals surface area contributed by atoms with Crippen LogP contribution in [-0.4, -0.2) is 24.1 Å². The maximum absolute atomic E-state index is 11.3. The number of nitrogens with zero attached hydrogens (tertiary/aromatic N) is 1. The molecule has 0 radical (unpaired) electrons. The minimum absolute atomic E-state index is 0.197. The van der Waals surface area contributed by atoms with Crippen LogP contribution >= 0.6 is 11.3 Å². The summed E-state index contributed by atoms with van der Waals surface area (Å²) < 4.78 is 4.83. The molecule has 1 heterocycles. The van der Waals surface area contributed by atoms with Gasteiger partial charge in [0.05, 0.1) is 11.6 Å². The summed E-state index contributed by atoms with van der Waals surface area (Å²) in [5.41, 5.74) is 5.88. The Balaban J connectivity index is 2.72. The van der Waals surface area contributed by atoms with E-state index in [1.54, 1.807) is 12.3 Å². The lowest BCUT2D eigenvalue weighted by atomic mass is 10.2. The van der Waals surface area contributed by atoms with E-state index in [1.165, 1.54) is 11.3 Å². The Morgan fingerprint density at radius 3 is 3.07 bits per heavy atom. The van der Waals surface area contributed by atoms with E-state index in [4.69, 9.17) is 10.5 Å². The zero-order valence-corrected chi connectivity index (χ0v) is 9.13. The number of thiazole rings is 1. The molecule has 0 aromatic carbocycles. The highest BCUT2D eigenvalue weighted by Crippen LogP contribution is 2.19. The zero-order valence-electron chi connectivity index (χ0n) is 8.32. The number of nitrogens with two attached hydrogens (primary N) is 1. The zero-order chi connectivity index (χ0) is 10.6. The van der Waals surface area contributed by atoms with Crippen LogP contribution in [0.25, 0.3) is 0 Å². The lowest BCUT2D eigenvalue weighted by Gasteiger charge is -2.01. The number of ether oxygens (including phenoxy) is 1. The maximum Gasteiger partial charge on any atom is 0.357 e. The summed E-state index contributed by atoms with van der Waals surface area (Å²) in [5, 5.41) is 2.59. The van der Waals surface area contributed by atoms with Crippen molar-refractivity contribution in [3.8, 4) is 0 Å². The normalized spacial score (nSPS) is 12.5. The summed E-state index contributed by atoms with van der Waals surface area (Å²) in [6.45, 7) is 4.66. The van der Waals surface area contributed by atoms with E-state index in [0.717, 1.165) is 5.01 Å². The standard InChI is InChI=1S/C9H14N2O2S/c1-3-13-9(12)7-5-14-8(11-7)6(2)4-10/h5-6H,3-4,10H2,1-2H3. The molecule has 0 aliphatic carbocycles. The summed E-state index contributed by atoms with van der Waals surface area (Å²) in [6, 6.07) is 0. The quantitative estimate of drug-likeness (QED) is 0.769. The molecule has 5 heteroatoms. The second kappa shape index (κ2) is 5.07. The van der Waals surface area contributed by atoms with Crippen LogP contribution in [-0.2, 0) is 4.74 Å². The van der Waals surface area contributed by atoms with Crippen LogP contribution in [0.15, 0.2) is 5.38 Å². The second-order valence-corrected chi connectivity index (χ2v) is 3.82. The van der Waals surface area contributed by atoms with E-state index >= 15 is 0 Å². The second-order valence-electron chi connectivity index (χ2n) is 2.93. The first-order chi connectivity index (χ1) is 6.69. The van der Waals surface area contributed by atoms with Gasteiger partial charge in [-0.1, -0.05) is 6.92 Å². The molecule has 1 aromatic heterocycles. The first kappa shape index (κ1) is 11.1. The fourth-order valence-electron chi connectivity index (χ4n) is 0.914. The minimum Gasteiger partial charge on any atom is -0.461 e.